The topological polar surface area (TPSA) is 44.2 Å². The van der Waals surface area contributed by atoms with Gasteiger partial charge in [0, 0.05) is 19.3 Å². The molecule has 0 unspecified atom stereocenters. The minimum atomic E-state index is 0.709. The van der Waals surface area contributed by atoms with Crippen LogP contribution in [0.15, 0.2) is 0 Å². The van der Waals surface area contributed by atoms with Crippen LogP contribution in [0.5, 0.6) is 0 Å². The predicted molar refractivity (Wildman–Crippen MR) is 73.9 cm³/mol. The first-order chi connectivity index (χ1) is 8.80. The maximum atomic E-state index is 3.92. The summed E-state index contributed by atoms with van der Waals surface area (Å²) < 4.78 is 0. The monoisotopic (exact) mass is 252 g/mol. The van der Waals surface area contributed by atoms with Crippen molar-refractivity contribution in [3.63, 3.8) is 0 Å². The van der Waals surface area contributed by atoms with Gasteiger partial charge in [-0.05, 0) is 62.7 Å². The van der Waals surface area contributed by atoms with Crippen molar-refractivity contribution in [3.05, 3.63) is 0 Å². The number of rotatable bonds is 7. The third kappa shape index (κ3) is 2.75. The molecule has 4 fully saturated rings. The van der Waals surface area contributed by atoms with Gasteiger partial charge in [-0.15, -0.1) is 0 Å². The molecule has 0 aromatic heterocycles. The molecule has 4 rings (SSSR count). The zero-order valence-corrected chi connectivity index (χ0v) is 12.0. The molecule has 4 bridgehead atoms. The van der Waals surface area contributed by atoms with Crippen LogP contribution < -0.4 is 11.1 Å². The first-order valence-electron chi connectivity index (χ1n) is 8.43. The number of unbranched alkanes of at least 4 members (excludes halogenated alkanes) is 3. The molecule has 0 amide bonds. The van der Waals surface area contributed by atoms with Crippen LogP contribution in [0.3, 0.4) is 0 Å². The average molecular weight is 252 g/mol. The maximum Gasteiger partial charge on any atom is 0.0969 e. The summed E-state index contributed by atoms with van der Waals surface area (Å²) in [5.41, 5.74) is 4.63. The van der Waals surface area contributed by atoms with Gasteiger partial charge in [-0.2, -0.15) is 0 Å². The van der Waals surface area contributed by atoms with Crippen LogP contribution in [0.1, 0.15) is 64.2 Å². The van der Waals surface area contributed by atoms with E-state index < -0.39 is 0 Å². The highest BCUT2D eigenvalue weighted by molar-refractivity contribution is 5.01. The summed E-state index contributed by atoms with van der Waals surface area (Å²) in [5.74, 6) is 3.33. The summed E-state index contributed by atoms with van der Waals surface area (Å²) in [5, 5.41) is 2.78. The summed E-state index contributed by atoms with van der Waals surface area (Å²) in [4.78, 5) is 0. The van der Waals surface area contributed by atoms with Crippen LogP contribution >= 0.6 is 0 Å². The Balaban J connectivity index is 1.42. The van der Waals surface area contributed by atoms with Gasteiger partial charge in [0.2, 0.25) is 0 Å². The molecule has 4 saturated carbocycles. The predicted octanol–water partition coefficient (Wildman–Crippen LogP) is 1.32. The molecule has 0 aromatic rings. The average Bonchev–Trinajstić information content (AvgIpc) is 2.32. The molecule has 2 nitrogen and oxygen atoms in total. The molecule has 0 spiro atoms. The Morgan fingerprint density at radius 2 is 1.39 bits per heavy atom. The number of quaternary nitrogens is 2. The molecule has 0 radical (unpaired) electrons. The first-order valence-corrected chi connectivity index (χ1v) is 8.43. The van der Waals surface area contributed by atoms with E-state index in [-0.39, 0.29) is 0 Å². The van der Waals surface area contributed by atoms with Crippen LogP contribution in [0.4, 0.5) is 0 Å². The molecular formula is C16H32N2+2. The largest absolute Gasteiger partial charge is 0.358 e. The van der Waals surface area contributed by atoms with E-state index in [1.54, 1.807) is 38.5 Å². The molecule has 18 heavy (non-hydrogen) atoms. The van der Waals surface area contributed by atoms with Crippen molar-refractivity contribution in [1.82, 2.24) is 0 Å². The van der Waals surface area contributed by atoms with Crippen LogP contribution in [0, 0.1) is 17.8 Å². The molecule has 0 saturated heterocycles. The molecule has 2 heteroatoms. The molecule has 0 atom stereocenters. The van der Waals surface area contributed by atoms with E-state index in [1.807, 2.05) is 0 Å². The van der Waals surface area contributed by atoms with Gasteiger partial charge >= 0.3 is 0 Å². The van der Waals surface area contributed by atoms with E-state index in [0.29, 0.717) is 5.54 Å². The molecule has 104 valence electrons. The lowest BCUT2D eigenvalue weighted by Gasteiger charge is -2.54. The van der Waals surface area contributed by atoms with E-state index in [2.05, 4.69) is 11.1 Å². The molecule has 0 aromatic carbocycles. The van der Waals surface area contributed by atoms with E-state index in [4.69, 9.17) is 0 Å². The van der Waals surface area contributed by atoms with E-state index in [0.717, 1.165) is 24.3 Å². The quantitative estimate of drug-likeness (QED) is 0.642. The second-order valence-corrected chi connectivity index (χ2v) is 7.54. The summed E-state index contributed by atoms with van der Waals surface area (Å²) in [7, 11) is 0. The van der Waals surface area contributed by atoms with Gasteiger partial charge in [0.25, 0.3) is 0 Å². The SMILES string of the molecule is [NH3+]CCCCCC[NH2+]C12CC3CC(CC(C3)C1)C2. The van der Waals surface area contributed by atoms with Crippen LogP contribution in [-0.4, -0.2) is 18.6 Å². The molecule has 5 N–H and O–H groups in total. The first kappa shape index (κ1) is 12.9. The second-order valence-electron chi connectivity index (χ2n) is 7.54. The van der Waals surface area contributed by atoms with Crippen molar-refractivity contribution >= 4 is 0 Å². The Kier molecular flexibility index (Phi) is 3.95. The van der Waals surface area contributed by atoms with Gasteiger partial charge in [0.15, 0.2) is 0 Å². The number of nitrogens with two attached hydrogens (primary N) is 1. The third-order valence-corrected chi connectivity index (χ3v) is 5.87. The zero-order chi connectivity index (χ0) is 12.4. The third-order valence-electron chi connectivity index (χ3n) is 5.87. The Morgan fingerprint density at radius 1 is 0.833 bits per heavy atom. The van der Waals surface area contributed by atoms with Gasteiger partial charge < -0.3 is 11.1 Å². The Bertz CT molecular complexity index is 239. The zero-order valence-electron chi connectivity index (χ0n) is 12.0. The number of hydrogen-bond acceptors (Lipinski definition) is 0. The van der Waals surface area contributed by atoms with Gasteiger partial charge in [0.1, 0.15) is 0 Å². The Labute approximate surface area is 112 Å². The molecule has 4 aliphatic rings. The van der Waals surface area contributed by atoms with Crippen molar-refractivity contribution in [2.45, 2.75) is 69.7 Å². The summed E-state index contributed by atoms with van der Waals surface area (Å²) in [6, 6.07) is 0. The van der Waals surface area contributed by atoms with Gasteiger partial charge in [-0.1, -0.05) is 0 Å². The Hall–Kier alpha value is -0.0800. The highest BCUT2D eigenvalue weighted by Gasteiger charge is 2.53. The molecule has 0 aliphatic heterocycles. The van der Waals surface area contributed by atoms with Crippen LogP contribution in [0.2, 0.25) is 0 Å². The van der Waals surface area contributed by atoms with Crippen molar-refractivity contribution in [2.75, 3.05) is 13.1 Å². The second kappa shape index (κ2) is 5.50. The van der Waals surface area contributed by atoms with Crippen LogP contribution in [-0.2, 0) is 0 Å². The smallest absolute Gasteiger partial charge is 0.0969 e. The minimum Gasteiger partial charge on any atom is -0.358 e. The van der Waals surface area contributed by atoms with Crippen LogP contribution in [0.25, 0.3) is 0 Å². The molecule has 4 aliphatic carbocycles. The highest BCUT2D eigenvalue weighted by Crippen LogP contribution is 2.54. The maximum absolute atomic E-state index is 3.92. The minimum absolute atomic E-state index is 0.709. The summed E-state index contributed by atoms with van der Waals surface area (Å²) in [6.07, 6.45) is 15.0. The summed E-state index contributed by atoms with van der Waals surface area (Å²) in [6.45, 7) is 2.52. The lowest BCUT2D eigenvalue weighted by molar-refractivity contribution is -0.739. The number of hydrogen-bond donors (Lipinski definition) is 2. The van der Waals surface area contributed by atoms with Gasteiger partial charge in [0.05, 0.1) is 18.6 Å². The normalized spacial score (nSPS) is 41.5. The fraction of sp³-hybridized carbons (Fsp3) is 1.00. The van der Waals surface area contributed by atoms with Crippen molar-refractivity contribution in [2.24, 2.45) is 17.8 Å². The fourth-order valence-electron chi connectivity index (χ4n) is 5.51. The van der Waals surface area contributed by atoms with Gasteiger partial charge in [-0.3, -0.25) is 0 Å². The van der Waals surface area contributed by atoms with E-state index in [1.165, 1.54) is 32.2 Å². The highest BCUT2D eigenvalue weighted by atomic mass is 15.0. The lowest BCUT2D eigenvalue weighted by Crippen LogP contribution is -2.99. The standard InChI is InChI=1S/C16H30N2/c17-5-3-1-2-4-6-18-16-10-13-7-14(11-16)9-15(8-13)12-16/h13-15,18H,1-12,17H2/p+2. The van der Waals surface area contributed by atoms with Gasteiger partial charge in [-0.25, -0.2) is 0 Å². The fourth-order valence-corrected chi connectivity index (χ4v) is 5.51. The van der Waals surface area contributed by atoms with Crippen molar-refractivity contribution in [1.29, 1.82) is 0 Å². The van der Waals surface area contributed by atoms with E-state index in [9.17, 15) is 0 Å². The summed E-state index contributed by atoms with van der Waals surface area (Å²) >= 11 is 0. The Morgan fingerprint density at radius 3 is 1.94 bits per heavy atom. The van der Waals surface area contributed by atoms with Crippen molar-refractivity contribution in [3.8, 4) is 0 Å². The molecule has 0 heterocycles. The van der Waals surface area contributed by atoms with E-state index >= 15 is 0 Å². The van der Waals surface area contributed by atoms with Crippen molar-refractivity contribution < 1.29 is 11.1 Å². The molecular weight excluding hydrogens is 220 g/mol. The lowest BCUT2D eigenvalue weighted by atomic mass is 9.53.